The quantitative estimate of drug-likeness (QED) is 0.349. The lowest BCUT2D eigenvalue weighted by Gasteiger charge is -2.24. The predicted molar refractivity (Wildman–Crippen MR) is 143 cm³/mol. The molecule has 2 aromatic rings. The Balaban J connectivity index is 2.17. The molecule has 0 saturated heterocycles. The maximum Gasteiger partial charge on any atom is 0.416 e. The summed E-state index contributed by atoms with van der Waals surface area (Å²) in [5.41, 5.74) is -0.492. The van der Waals surface area contributed by atoms with Crippen molar-refractivity contribution in [1.29, 1.82) is 0 Å². The SMILES string of the molecule is COC(=O)c1nc(N(C)C(=O)OC(C)(C)C)sc1CC(C)(C)COc1ccc(C#CCN(C)C)cc1F. The topological polar surface area (TPSA) is 81.2 Å². The highest BCUT2D eigenvalue weighted by molar-refractivity contribution is 7.16. The minimum atomic E-state index is -0.678. The molecule has 0 atom stereocenters. The van der Waals surface area contributed by atoms with Gasteiger partial charge in [-0.2, -0.15) is 0 Å². The van der Waals surface area contributed by atoms with Crippen molar-refractivity contribution in [2.75, 3.05) is 46.3 Å². The monoisotopic (exact) mass is 533 g/mol. The zero-order chi connectivity index (χ0) is 28.0. The number of benzene rings is 1. The zero-order valence-corrected chi connectivity index (χ0v) is 23.8. The Hall–Kier alpha value is -3.16. The van der Waals surface area contributed by atoms with Crippen LogP contribution in [0, 0.1) is 23.1 Å². The van der Waals surface area contributed by atoms with E-state index >= 15 is 0 Å². The average Bonchev–Trinajstić information content (AvgIpc) is 3.18. The summed E-state index contributed by atoms with van der Waals surface area (Å²) in [5.74, 6) is 4.91. The highest BCUT2D eigenvalue weighted by atomic mass is 32.1. The second-order valence-corrected chi connectivity index (χ2v) is 11.7. The van der Waals surface area contributed by atoms with Gasteiger partial charge in [0.15, 0.2) is 22.4 Å². The molecule has 0 bridgehead atoms. The van der Waals surface area contributed by atoms with E-state index in [2.05, 4.69) is 16.8 Å². The van der Waals surface area contributed by atoms with Crippen molar-refractivity contribution in [2.45, 2.75) is 46.6 Å². The summed E-state index contributed by atoms with van der Waals surface area (Å²) in [4.78, 5) is 33.1. The van der Waals surface area contributed by atoms with Crippen LogP contribution < -0.4 is 9.64 Å². The smallest absolute Gasteiger partial charge is 0.416 e. The molecular formula is C27H36FN3O5S. The fourth-order valence-electron chi connectivity index (χ4n) is 3.02. The standard InChI is InChI=1S/C27H36FN3O5S/c1-26(2,3)36-25(33)31(8)24-29-22(23(32)34-9)21(37-24)16-27(4,5)17-35-20-13-12-18(15-19(20)28)11-10-14-30(6)7/h12-13,15H,14,16-17H2,1-9H3. The molecule has 0 N–H and O–H groups in total. The summed E-state index contributed by atoms with van der Waals surface area (Å²) < 4.78 is 30.7. The van der Waals surface area contributed by atoms with Crippen LogP contribution in [0.3, 0.4) is 0 Å². The van der Waals surface area contributed by atoms with E-state index in [-0.39, 0.29) is 18.1 Å². The Kier molecular flexibility index (Phi) is 10.1. The second-order valence-electron chi connectivity index (χ2n) is 10.6. The van der Waals surface area contributed by atoms with Gasteiger partial charge in [0.2, 0.25) is 0 Å². The first kappa shape index (κ1) is 30.1. The lowest BCUT2D eigenvalue weighted by Crippen LogP contribution is -2.34. The average molecular weight is 534 g/mol. The number of halogens is 1. The summed E-state index contributed by atoms with van der Waals surface area (Å²) >= 11 is 1.19. The van der Waals surface area contributed by atoms with Gasteiger partial charge >= 0.3 is 12.1 Å². The van der Waals surface area contributed by atoms with E-state index in [1.807, 2.05) is 32.8 Å². The van der Waals surface area contributed by atoms with E-state index in [0.717, 1.165) is 0 Å². The van der Waals surface area contributed by atoms with E-state index in [1.54, 1.807) is 32.9 Å². The number of rotatable bonds is 8. The highest BCUT2D eigenvalue weighted by Crippen LogP contribution is 2.33. The van der Waals surface area contributed by atoms with E-state index in [4.69, 9.17) is 14.2 Å². The number of carbonyl (C=O) groups is 2. The first-order valence-electron chi connectivity index (χ1n) is 11.7. The van der Waals surface area contributed by atoms with Crippen LogP contribution in [0.1, 0.15) is 55.5 Å². The third-order valence-electron chi connectivity index (χ3n) is 4.84. The molecule has 2 rings (SSSR count). The van der Waals surface area contributed by atoms with Gasteiger partial charge < -0.3 is 14.2 Å². The minimum Gasteiger partial charge on any atom is -0.490 e. The molecule has 8 nitrogen and oxygen atoms in total. The molecule has 0 spiro atoms. The van der Waals surface area contributed by atoms with Gasteiger partial charge in [0.25, 0.3) is 0 Å². The van der Waals surface area contributed by atoms with Crippen molar-refractivity contribution in [2.24, 2.45) is 5.41 Å². The van der Waals surface area contributed by atoms with Crippen LogP contribution in [0.4, 0.5) is 14.3 Å². The van der Waals surface area contributed by atoms with Crippen molar-refractivity contribution in [3.63, 3.8) is 0 Å². The van der Waals surface area contributed by atoms with Crippen LogP contribution in [0.5, 0.6) is 5.75 Å². The second kappa shape index (κ2) is 12.4. The van der Waals surface area contributed by atoms with E-state index < -0.39 is 28.9 Å². The van der Waals surface area contributed by atoms with E-state index in [9.17, 15) is 14.0 Å². The lowest BCUT2D eigenvalue weighted by atomic mass is 9.89. The first-order valence-corrected chi connectivity index (χ1v) is 12.5. The number of aromatic nitrogens is 1. The zero-order valence-electron chi connectivity index (χ0n) is 23.0. The van der Waals surface area contributed by atoms with E-state index in [0.29, 0.717) is 28.5 Å². The van der Waals surface area contributed by atoms with Gasteiger partial charge in [-0.15, -0.1) is 11.3 Å². The van der Waals surface area contributed by atoms with Crippen LogP contribution in [-0.2, 0) is 15.9 Å². The number of nitrogens with zero attached hydrogens (tertiary/aromatic N) is 3. The summed E-state index contributed by atoms with van der Waals surface area (Å²) in [5, 5.41) is 0.304. The lowest BCUT2D eigenvalue weighted by molar-refractivity contribution is 0.0575. The number of carbonyl (C=O) groups excluding carboxylic acids is 2. The van der Waals surface area contributed by atoms with Crippen molar-refractivity contribution in [3.8, 4) is 17.6 Å². The number of esters is 1. The van der Waals surface area contributed by atoms with Crippen molar-refractivity contribution < 1.29 is 28.2 Å². The third kappa shape index (κ3) is 9.34. The molecule has 37 heavy (non-hydrogen) atoms. The predicted octanol–water partition coefficient (Wildman–Crippen LogP) is 5.00. The van der Waals surface area contributed by atoms with Crippen LogP contribution in [0.2, 0.25) is 0 Å². The van der Waals surface area contributed by atoms with Crippen molar-refractivity contribution in [3.05, 3.63) is 40.2 Å². The van der Waals surface area contributed by atoms with Gasteiger partial charge in [-0.05, 0) is 59.5 Å². The molecular weight excluding hydrogens is 497 g/mol. The van der Waals surface area contributed by atoms with Crippen molar-refractivity contribution in [1.82, 2.24) is 9.88 Å². The van der Waals surface area contributed by atoms with Crippen LogP contribution in [0.15, 0.2) is 18.2 Å². The van der Waals surface area contributed by atoms with Crippen LogP contribution in [0.25, 0.3) is 0 Å². The highest BCUT2D eigenvalue weighted by Gasteiger charge is 2.30. The number of hydrogen-bond acceptors (Lipinski definition) is 8. The number of methoxy groups -OCH3 is 1. The molecule has 10 heteroatoms. The fourth-order valence-corrected chi connectivity index (χ4v) is 4.28. The molecule has 0 saturated carbocycles. The first-order chi connectivity index (χ1) is 17.1. The molecule has 0 radical (unpaired) electrons. The van der Waals surface area contributed by atoms with Gasteiger partial charge in [-0.3, -0.25) is 9.80 Å². The molecule has 1 amide bonds. The fraction of sp³-hybridized carbons (Fsp3) is 0.519. The summed E-state index contributed by atoms with van der Waals surface area (Å²) in [6.45, 7) is 9.92. The molecule has 0 aliphatic heterocycles. The molecule has 202 valence electrons. The van der Waals surface area contributed by atoms with Gasteiger partial charge in [-0.1, -0.05) is 25.7 Å². The minimum absolute atomic E-state index is 0.120. The number of ether oxygens (including phenoxy) is 3. The summed E-state index contributed by atoms with van der Waals surface area (Å²) in [6.07, 6.45) is -0.204. The molecule has 1 aromatic carbocycles. The Bertz CT molecular complexity index is 1170. The summed E-state index contributed by atoms with van der Waals surface area (Å²) in [6, 6.07) is 4.62. The maximum atomic E-state index is 14.6. The van der Waals surface area contributed by atoms with Gasteiger partial charge in [0.05, 0.1) is 20.3 Å². The molecule has 0 aliphatic carbocycles. The molecule has 0 unspecified atom stereocenters. The summed E-state index contributed by atoms with van der Waals surface area (Å²) in [7, 11) is 6.63. The Morgan fingerprint density at radius 3 is 2.38 bits per heavy atom. The largest absolute Gasteiger partial charge is 0.490 e. The third-order valence-corrected chi connectivity index (χ3v) is 5.97. The van der Waals surface area contributed by atoms with E-state index in [1.165, 1.54) is 36.5 Å². The van der Waals surface area contributed by atoms with Crippen molar-refractivity contribution >= 4 is 28.5 Å². The molecule has 1 aromatic heterocycles. The van der Waals surface area contributed by atoms with Gasteiger partial charge in [0.1, 0.15) is 5.60 Å². The number of amides is 1. The Morgan fingerprint density at radius 2 is 1.81 bits per heavy atom. The molecule has 0 aliphatic rings. The Morgan fingerprint density at radius 1 is 1.14 bits per heavy atom. The number of anilines is 1. The van der Waals surface area contributed by atoms with Gasteiger partial charge in [0, 0.05) is 22.9 Å². The van der Waals surface area contributed by atoms with Crippen LogP contribution >= 0.6 is 11.3 Å². The van der Waals surface area contributed by atoms with Gasteiger partial charge in [-0.25, -0.2) is 19.0 Å². The normalized spacial score (nSPS) is 11.5. The number of thiazole rings is 1. The Labute approximate surface area is 222 Å². The molecule has 0 fully saturated rings. The van der Waals surface area contributed by atoms with Crippen LogP contribution in [-0.4, -0.2) is 69.0 Å². The molecule has 1 heterocycles. The maximum absolute atomic E-state index is 14.6. The number of hydrogen-bond donors (Lipinski definition) is 0.